The Hall–Kier alpha value is -0.550. The molecule has 0 saturated heterocycles. The van der Waals surface area contributed by atoms with E-state index in [9.17, 15) is 0 Å². The van der Waals surface area contributed by atoms with Gasteiger partial charge in [-0.3, -0.25) is 0 Å². The Balaban J connectivity index is 2.27. The fraction of sp³-hybridized carbons (Fsp3) is 0.857. The lowest BCUT2D eigenvalue weighted by Crippen LogP contribution is -2.51. The molecule has 1 saturated carbocycles. The molecule has 0 aliphatic heterocycles. The van der Waals surface area contributed by atoms with E-state index in [4.69, 9.17) is 5.26 Å². The van der Waals surface area contributed by atoms with E-state index >= 15 is 0 Å². The summed E-state index contributed by atoms with van der Waals surface area (Å²) in [5.41, 5.74) is 4.21. The molecule has 0 aromatic heterocycles. The van der Waals surface area contributed by atoms with Crippen LogP contribution in [0, 0.1) is 16.7 Å². The molecule has 1 fully saturated rings. The molecular formula is C7H13N2+. The summed E-state index contributed by atoms with van der Waals surface area (Å²) in [5.74, 6) is 0. The molecule has 0 heterocycles. The van der Waals surface area contributed by atoms with Crippen LogP contribution in [0.25, 0.3) is 0 Å². The third kappa shape index (κ3) is 1.43. The van der Waals surface area contributed by atoms with Crippen molar-refractivity contribution < 1.29 is 5.73 Å². The van der Waals surface area contributed by atoms with Crippen molar-refractivity contribution in [2.45, 2.75) is 25.7 Å². The third-order valence-electron chi connectivity index (χ3n) is 2.12. The largest absolute Gasteiger partial charge is 0.358 e. The van der Waals surface area contributed by atoms with Crippen molar-refractivity contribution in [3.8, 4) is 6.07 Å². The van der Waals surface area contributed by atoms with Gasteiger partial charge in [-0.2, -0.15) is 5.26 Å². The predicted molar refractivity (Wildman–Crippen MR) is 34.3 cm³/mol. The van der Waals surface area contributed by atoms with Crippen LogP contribution in [0.4, 0.5) is 0 Å². The molecule has 50 valence electrons. The summed E-state index contributed by atoms with van der Waals surface area (Å²) in [7, 11) is 0. The van der Waals surface area contributed by atoms with Gasteiger partial charge in [-0.1, -0.05) is 0 Å². The van der Waals surface area contributed by atoms with Gasteiger partial charge in [-0.25, -0.2) is 0 Å². The Morgan fingerprint density at radius 3 is 2.56 bits per heavy atom. The molecule has 0 aromatic carbocycles. The topological polar surface area (TPSA) is 51.4 Å². The highest BCUT2D eigenvalue weighted by atomic mass is 14.6. The first kappa shape index (κ1) is 6.57. The number of hydrogen-bond acceptors (Lipinski definition) is 1. The SMILES string of the molecule is N#CCC1(CC[NH3+])CC1. The number of nitriles is 1. The molecule has 0 aromatic rings. The van der Waals surface area contributed by atoms with Crippen LogP contribution in [0.15, 0.2) is 0 Å². The van der Waals surface area contributed by atoms with Crippen LogP contribution in [0.5, 0.6) is 0 Å². The zero-order chi connectivity index (χ0) is 6.74. The quantitative estimate of drug-likeness (QED) is 0.580. The minimum Gasteiger partial charge on any atom is -0.358 e. The van der Waals surface area contributed by atoms with Crippen molar-refractivity contribution in [1.82, 2.24) is 0 Å². The van der Waals surface area contributed by atoms with E-state index in [1.54, 1.807) is 0 Å². The van der Waals surface area contributed by atoms with Gasteiger partial charge in [0.1, 0.15) is 0 Å². The van der Waals surface area contributed by atoms with Gasteiger partial charge in [0.25, 0.3) is 0 Å². The molecule has 0 spiro atoms. The lowest BCUT2D eigenvalue weighted by molar-refractivity contribution is -0.370. The smallest absolute Gasteiger partial charge is 0.0745 e. The molecule has 0 atom stereocenters. The molecule has 0 radical (unpaired) electrons. The minimum absolute atomic E-state index is 0.427. The van der Waals surface area contributed by atoms with Crippen LogP contribution >= 0.6 is 0 Å². The Labute approximate surface area is 55.7 Å². The standard InChI is InChI=1S/C7H12N2/c8-5-3-7(1-2-7)4-6-9/h1-5,8H2/p+1. The van der Waals surface area contributed by atoms with Gasteiger partial charge in [0.05, 0.1) is 12.6 Å². The molecule has 1 rings (SSSR count). The van der Waals surface area contributed by atoms with E-state index in [-0.39, 0.29) is 0 Å². The molecule has 9 heavy (non-hydrogen) atoms. The van der Waals surface area contributed by atoms with E-state index in [1.165, 1.54) is 12.8 Å². The molecule has 1 aliphatic rings. The van der Waals surface area contributed by atoms with Crippen LogP contribution in [0.1, 0.15) is 25.7 Å². The van der Waals surface area contributed by atoms with Crippen molar-refractivity contribution in [3.63, 3.8) is 0 Å². The molecule has 0 bridgehead atoms. The summed E-state index contributed by atoms with van der Waals surface area (Å²) in [5, 5.41) is 8.40. The predicted octanol–water partition coefficient (Wildman–Crippen LogP) is 0.312. The van der Waals surface area contributed by atoms with Gasteiger partial charge in [-0.15, -0.1) is 0 Å². The molecule has 2 heteroatoms. The zero-order valence-corrected chi connectivity index (χ0v) is 5.69. The highest BCUT2D eigenvalue weighted by Gasteiger charge is 2.41. The molecular weight excluding hydrogens is 112 g/mol. The molecule has 1 aliphatic carbocycles. The number of quaternary nitrogens is 1. The maximum Gasteiger partial charge on any atom is 0.0745 e. The van der Waals surface area contributed by atoms with E-state index in [0.717, 1.165) is 19.4 Å². The molecule has 0 amide bonds. The lowest BCUT2D eigenvalue weighted by atomic mass is 9.99. The summed E-state index contributed by atoms with van der Waals surface area (Å²) in [6.45, 7) is 0.988. The van der Waals surface area contributed by atoms with Crippen molar-refractivity contribution in [3.05, 3.63) is 0 Å². The van der Waals surface area contributed by atoms with Crippen LogP contribution in [-0.4, -0.2) is 6.54 Å². The van der Waals surface area contributed by atoms with Crippen LogP contribution in [0.2, 0.25) is 0 Å². The summed E-state index contributed by atoms with van der Waals surface area (Å²) < 4.78 is 0. The number of nitrogens with zero attached hydrogens (tertiary/aromatic N) is 1. The Morgan fingerprint density at radius 2 is 2.22 bits per heavy atom. The van der Waals surface area contributed by atoms with E-state index in [1.807, 2.05) is 0 Å². The second kappa shape index (κ2) is 2.36. The van der Waals surface area contributed by atoms with Crippen LogP contribution in [-0.2, 0) is 0 Å². The highest BCUT2D eigenvalue weighted by Crippen LogP contribution is 2.50. The lowest BCUT2D eigenvalue weighted by Gasteiger charge is -2.04. The van der Waals surface area contributed by atoms with Gasteiger partial charge in [0.2, 0.25) is 0 Å². The fourth-order valence-corrected chi connectivity index (χ4v) is 1.23. The first-order valence-electron chi connectivity index (χ1n) is 3.49. The van der Waals surface area contributed by atoms with Crippen molar-refractivity contribution in [2.24, 2.45) is 5.41 Å². The number of hydrogen-bond donors (Lipinski definition) is 1. The fourth-order valence-electron chi connectivity index (χ4n) is 1.23. The summed E-state index contributed by atoms with van der Waals surface area (Å²) in [4.78, 5) is 0. The van der Waals surface area contributed by atoms with E-state index in [0.29, 0.717) is 5.41 Å². The summed E-state index contributed by atoms with van der Waals surface area (Å²) in [6, 6.07) is 2.23. The Bertz CT molecular complexity index is 130. The van der Waals surface area contributed by atoms with Gasteiger partial charge in [-0.05, 0) is 18.3 Å². The van der Waals surface area contributed by atoms with E-state index in [2.05, 4.69) is 11.8 Å². The Morgan fingerprint density at radius 1 is 1.56 bits per heavy atom. The van der Waals surface area contributed by atoms with Crippen molar-refractivity contribution in [1.29, 1.82) is 5.26 Å². The maximum atomic E-state index is 8.40. The Kier molecular flexibility index (Phi) is 1.73. The first-order valence-corrected chi connectivity index (χ1v) is 3.49. The molecule has 0 unspecified atom stereocenters. The van der Waals surface area contributed by atoms with Gasteiger partial charge in [0.15, 0.2) is 0 Å². The highest BCUT2D eigenvalue weighted by molar-refractivity contribution is 4.98. The second-order valence-corrected chi connectivity index (χ2v) is 2.94. The van der Waals surface area contributed by atoms with Gasteiger partial charge in [0, 0.05) is 12.8 Å². The normalized spacial score (nSPS) is 20.9. The van der Waals surface area contributed by atoms with Crippen LogP contribution in [0.3, 0.4) is 0 Å². The van der Waals surface area contributed by atoms with Gasteiger partial charge < -0.3 is 5.73 Å². The monoisotopic (exact) mass is 125 g/mol. The minimum atomic E-state index is 0.427. The van der Waals surface area contributed by atoms with Crippen molar-refractivity contribution in [2.75, 3.05) is 6.54 Å². The summed E-state index contributed by atoms with van der Waals surface area (Å²) in [6.07, 6.45) is 4.43. The van der Waals surface area contributed by atoms with Crippen molar-refractivity contribution >= 4 is 0 Å². The first-order chi connectivity index (χ1) is 4.33. The number of rotatable bonds is 3. The average Bonchev–Trinajstić information content (AvgIpc) is 2.51. The second-order valence-electron chi connectivity index (χ2n) is 2.94. The van der Waals surface area contributed by atoms with E-state index < -0.39 is 0 Å². The maximum absolute atomic E-state index is 8.40. The van der Waals surface area contributed by atoms with Gasteiger partial charge >= 0.3 is 0 Å². The summed E-state index contributed by atoms with van der Waals surface area (Å²) >= 11 is 0. The zero-order valence-electron chi connectivity index (χ0n) is 5.69. The van der Waals surface area contributed by atoms with Crippen LogP contribution < -0.4 is 5.73 Å². The average molecular weight is 125 g/mol. The third-order valence-corrected chi connectivity index (χ3v) is 2.12. The molecule has 3 N–H and O–H groups in total. The molecule has 2 nitrogen and oxygen atoms in total.